The molecule has 3 aromatic carbocycles. The van der Waals surface area contributed by atoms with Gasteiger partial charge >= 0.3 is 12.6 Å². The van der Waals surface area contributed by atoms with Gasteiger partial charge in [0.2, 0.25) is 0 Å². The van der Waals surface area contributed by atoms with Crippen LogP contribution in [0, 0.1) is 13.8 Å². The molecular weight excluding hydrogens is 516 g/mol. The average molecular weight is 544 g/mol. The molecule has 0 amide bonds. The number of carbonyl (C=O) groups is 1. The minimum atomic E-state index is -4.25. The number of alkyl halides is 2. The monoisotopic (exact) mass is 543 g/mol. The normalized spacial score (nSPS) is 15.4. The summed E-state index contributed by atoms with van der Waals surface area (Å²) in [6, 6.07) is 16.0. The van der Waals surface area contributed by atoms with Crippen molar-refractivity contribution in [3.05, 3.63) is 82.9 Å². The lowest BCUT2D eigenvalue weighted by atomic mass is 10.0. The number of halogens is 2. The molecule has 4 rings (SSSR count). The SMILES string of the molecule is Cc1cccc(C)c1C=Cc1ccc2c(c1)N(S(=O)(=O)c1cccc(OC(F)F)c1)CC(CCC(=O)O)O2. The number of benzene rings is 3. The van der Waals surface area contributed by atoms with Gasteiger partial charge in [-0.25, -0.2) is 8.42 Å². The molecule has 1 aliphatic rings. The number of ether oxygens (including phenoxy) is 2. The van der Waals surface area contributed by atoms with Crippen LogP contribution in [0.5, 0.6) is 11.5 Å². The Labute approximate surface area is 220 Å². The van der Waals surface area contributed by atoms with E-state index in [0.717, 1.165) is 27.1 Å². The summed E-state index contributed by atoms with van der Waals surface area (Å²) >= 11 is 0. The summed E-state index contributed by atoms with van der Waals surface area (Å²) in [6.07, 6.45) is 2.99. The van der Waals surface area contributed by atoms with E-state index in [9.17, 15) is 22.0 Å². The number of aliphatic carboxylic acids is 1. The molecule has 0 spiro atoms. The van der Waals surface area contributed by atoms with Crippen LogP contribution in [0.1, 0.15) is 35.1 Å². The first-order valence-corrected chi connectivity index (χ1v) is 13.3. The Hall–Kier alpha value is -3.92. The quantitative estimate of drug-likeness (QED) is 0.338. The van der Waals surface area contributed by atoms with Gasteiger partial charge in [-0.15, -0.1) is 0 Å². The highest BCUT2D eigenvalue weighted by atomic mass is 32.2. The molecule has 1 N–H and O–H groups in total. The lowest BCUT2D eigenvalue weighted by molar-refractivity contribution is -0.137. The smallest absolute Gasteiger partial charge is 0.387 e. The van der Waals surface area contributed by atoms with E-state index in [1.807, 2.05) is 44.2 Å². The number of nitrogens with zero attached hydrogens (tertiary/aromatic N) is 1. The van der Waals surface area contributed by atoms with Crippen molar-refractivity contribution in [2.24, 2.45) is 0 Å². The zero-order valence-corrected chi connectivity index (χ0v) is 21.6. The maximum Gasteiger partial charge on any atom is 0.387 e. The van der Waals surface area contributed by atoms with Gasteiger partial charge in [-0.3, -0.25) is 9.10 Å². The molecule has 1 unspecified atom stereocenters. The van der Waals surface area contributed by atoms with E-state index in [-0.39, 0.29) is 41.5 Å². The first-order chi connectivity index (χ1) is 18.0. The van der Waals surface area contributed by atoms with Gasteiger partial charge < -0.3 is 14.6 Å². The van der Waals surface area contributed by atoms with Crippen LogP contribution in [-0.4, -0.2) is 38.8 Å². The summed E-state index contributed by atoms with van der Waals surface area (Å²) in [5, 5.41) is 9.10. The summed E-state index contributed by atoms with van der Waals surface area (Å²) in [5.41, 5.74) is 4.22. The van der Waals surface area contributed by atoms with Gasteiger partial charge in [0, 0.05) is 12.5 Å². The predicted octanol–water partition coefficient (Wildman–Crippen LogP) is 5.90. The highest BCUT2D eigenvalue weighted by molar-refractivity contribution is 7.92. The van der Waals surface area contributed by atoms with Gasteiger partial charge in [0.15, 0.2) is 0 Å². The van der Waals surface area contributed by atoms with E-state index in [2.05, 4.69) is 4.74 Å². The van der Waals surface area contributed by atoms with Gasteiger partial charge in [0.05, 0.1) is 17.1 Å². The fourth-order valence-electron chi connectivity index (χ4n) is 4.30. The summed E-state index contributed by atoms with van der Waals surface area (Å²) in [5.74, 6) is -1.04. The number of fused-ring (bicyclic) bond motifs is 1. The highest BCUT2D eigenvalue weighted by Crippen LogP contribution is 2.39. The van der Waals surface area contributed by atoms with Crippen molar-refractivity contribution >= 4 is 33.8 Å². The third-order valence-corrected chi connectivity index (χ3v) is 7.97. The Morgan fingerprint density at radius 1 is 1.11 bits per heavy atom. The number of anilines is 1. The van der Waals surface area contributed by atoms with Crippen molar-refractivity contribution in [1.29, 1.82) is 0 Å². The van der Waals surface area contributed by atoms with E-state index in [0.29, 0.717) is 5.56 Å². The van der Waals surface area contributed by atoms with Gasteiger partial charge in [-0.2, -0.15) is 8.78 Å². The Bertz CT molecular complexity index is 1450. The summed E-state index contributed by atoms with van der Waals surface area (Å²) in [7, 11) is -4.25. The van der Waals surface area contributed by atoms with Crippen LogP contribution >= 0.6 is 0 Å². The number of sulfonamides is 1. The van der Waals surface area contributed by atoms with Crippen LogP contribution in [0.25, 0.3) is 12.2 Å². The molecule has 0 radical (unpaired) electrons. The minimum Gasteiger partial charge on any atom is -0.486 e. The molecule has 1 heterocycles. The summed E-state index contributed by atoms with van der Waals surface area (Å²) < 4.78 is 64.4. The second-order valence-electron chi connectivity index (χ2n) is 8.93. The molecule has 0 fully saturated rings. The minimum absolute atomic E-state index is 0.0868. The number of hydrogen-bond donors (Lipinski definition) is 1. The molecule has 38 heavy (non-hydrogen) atoms. The standard InChI is InChI=1S/C28H27F2NO6S/c1-18-5-3-6-19(2)24(18)12-9-20-10-13-26-25(15-20)31(17-22(36-26)11-14-27(32)33)38(34,35)23-8-4-7-21(16-23)37-28(29)30/h3-10,12-13,15-16,22,28H,11,14,17H2,1-2H3,(H,32,33). The van der Waals surface area contributed by atoms with E-state index in [1.54, 1.807) is 18.2 Å². The molecule has 0 saturated heterocycles. The van der Waals surface area contributed by atoms with Crippen LogP contribution in [0.15, 0.2) is 65.6 Å². The van der Waals surface area contributed by atoms with Crippen LogP contribution in [0.2, 0.25) is 0 Å². The molecule has 0 aliphatic carbocycles. The van der Waals surface area contributed by atoms with E-state index >= 15 is 0 Å². The molecule has 7 nitrogen and oxygen atoms in total. The van der Waals surface area contributed by atoms with Crippen molar-refractivity contribution in [1.82, 2.24) is 0 Å². The van der Waals surface area contributed by atoms with Crippen molar-refractivity contribution in [2.45, 2.75) is 44.3 Å². The van der Waals surface area contributed by atoms with E-state index in [4.69, 9.17) is 9.84 Å². The largest absolute Gasteiger partial charge is 0.486 e. The van der Waals surface area contributed by atoms with E-state index < -0.39 is 28.7 Å². The first-order valence-electron chi connectivity index (χ1n) is 11.9. The van der Waals surface area contributed by atoms with Crippen molar-refractivity contribution in [3.63, 3.8) is 0 Å². The molecule has 1 atom stereocenters. The summed E-state index contributed by atoms with van der Waals surface area (Å²) in [6.45, 7) is 0.756. The van der Waals surface area contributed by atoms with Crippen molar-refractivity contribution in [2.75, 3.05) is 10.8 Å². The maximum absolute atomic E-state index is 13.7. The maximum atomic E-state index is 13.7. The molecule has 3 aromatic rings. The Morgan fingerprint density at radius 2 is 1.82 bits per heavy atom. The van der Waals surface area contributed by atoms with Crippen LogP contribution in [-0.2, 0) is 14.8 Å². The highest BCUT2D eigenvalue weighted by Gasteiger charge is 2.35. The first kappa shape index (κ1) is 27.1. The number of carboxylic acid groups (broad SMARTS) is 1. The zero-order valence-electron chi connectivity index (χ0n) is 20.8. The predicted molar refractivity (Wildman–Crippen MR) is 140 cm³/mol. The molecule has 200 valence electrons. The number of hydrogen-bond acceptors (Lipinski definition) is 5. The zero-order chi connectivity index (χ0) is 27.4. The fraction of sp³-hybridized carbons (Fsp3) is 0.250. The number of aryl methyl sites for hydroxylation is 2. The van der Waals surface area contributed by atoms with Crippen LogP contribution in [0.3, 0.4) is 0 Å². The fourth-order valence-corrected chi connectivity index (χ4v) is 5.84. The second-order valence-corrected chi connectivity index (χ2v) is 10.8. The molecule has 0 saturated carbocycles. The topological polar surface area (TPSA) is 93.1 Å². The lowest BCUT2D eigenvalue weighted by Crippen LogP contribution is -2.43. The Kier molecular flexibility index (Phi) is 8.01. The van der Waals surface area contributed by atoms with Gasteiger partial charge in [0.25, 0.3) is 10.0 Å². The van der Waals surface area contributed by atoms with Gasteiger partial charge in [-0.1, -0.05) is 42.5 Å². The summed E-state index contributed by atoms with van der Waals surface area (Å²) in [4.78, 5) is 10.9. The van der Waals surface area contributed by atoms with Crippen LogP contribution in [0.4, 0.5) is 14.5 Å². The second kappa shape index (κ2) is 11.2. The van der Waals surface area contributed by atoms with E-state index in [1.165, 1.54) is 18.2 Å². The molecule has 0 aromatic heterocycles. The average Bonchev–Trinajstić information content (AvgIpc) is 2.86. The molecule has 0 bridgehead atoms. The Balaban J connectivity index is 1.74. The molecule has 1 aliphatic heterocycles. The molecule has 10 heteroatoms. The van der Waals surface area contributed by atoms with Crippen LogP contribution < -0.4 is 13.8 Å². The third kappa shape index (κ3) is 6.13. The Morgan fingerprint density at radius 3 is 2.50 bits per heavy atom. The lowest BCUT2D eigenvalue weighted by Gasteiger charge is -2.35. The number of rotatable bonds is 9. The number of carboxylic acids is 1. The van der Waals surface area contributed by atoms with Crippen molar-refractivity contribution < 1.29 is 36.6 Å². The van der Waals surface area contributed by atoms with Gasteiger partial charge in [-0.05, 0) is 66.8 Å². The molecular formula is C28H27F2NO6S. The van der Waals surface area contributed by atoms with Crippen molar-refractivity contribution in [3.8, 4) is 11.5 Å². The van der Waals surface area contributed by atoms with Gasteiger partial charge in [0.1, 0.15) is 17.6 Å². The third-order valence-electron chi connectivity index (χ3n) is 6.20.